The van der Waals surface area contributed by atoms with Crippen molar-refractivity contribution in [3.63, 3.8) is 0 Å². The second-order valence-electron chi connectivity index (χ2n) is 6.69. The summed E-state index contributed by atoms with van der Waals surface area (Å²) < 4.78 is 0. The lowest BCUT2D eigenvalue weighted by molar-refractivity contribution is 0.724. The molecular weight excluding hydrogens is 388 g/mol. The summed E-state index contributed by atoms with van der Waals surface area (Å²) in [6.45, 7) is 6.05. The second kappa shape index (κ2) is 12.7. The largest absolute Gasteiger partial charge is 0.312 e. The number of hydrogen-bond donors (Lipinski definition) is 2. The summed E-state index contributed by atoms with van der Waals surface area (Å²) in [5.41, 5.74) is 8.24. The van der Waals surface area contributed by atoms with Crippen molar-refractivity contribution in [1.82, 2.24) is 10.4 Å². The molecule has 0 aliphatic rings. The molecule has 2 N–H and O–H groups in total. The van der Waals surface area contributed by atoms with E-state index in [4.69, 9.17) is 5.41 Å². The normalized spacial score (nSPS) is 10.9. The van der Waals surface area contributed by atoms with E-state index in [0.29, 0.717) is 11.4 Å². The molecule has 0 saturated carbocycles. The van der Waals surface area contributed by atoms with Gasteiger partial charge in [0.15, 0.2) is 0 Å². The molecule has 0 aliphatic carbocycles. The molecule has 0 spiro atoms. The van der Waals surface area contributed by atoms with Crippen molar-refractivity contribution in [3.8, 4) is 0 Å². The van der Waals surface area contributed by atoms with Crippen LogP contribution in [-0.2, 0) is 12.8 Å². The van der Waals surface area contributed by atoms with E-state index in [9.17, 15) is 0 Å². The number of hydrazone groups is 1. The summed E-state index contributed by atoms with van der Waals surface area (Å²) in [5.74, 6) is 0. The van der Waals surface area contributed by atoms with Gasteiger partial charge >= 0.3 is 0 Å². The van der Waals surface area contributed by atoms with Crippen LogP contribution in [0.5, 0.6) is 0 Å². The average molecular weight is 421 g/mol. The first kappa shape index (κ1) is 23.5. The van der Waals surface area contributed by atoms with Gasteiger partial charge in [-0.3, -0.25) is 5.41 Å². The van der Waals surface area contributed by atoms with Crippen LogP contribution in [0.4, 0.5) is 0 Å². The summed E-state index contributed by atoms with van der Waals surface area (Å²) in [5, 5.41) is 16.3. The molecule has 0 fully saturated rings. The molecule has 0 radical (unpaired) electrons. The zero-order chi connectivity index (χ0) is 21.8. The highest BCUT2D eigenvalue weighted by molar-refractivity contribution is 7.09. The zero-order valence-corrected chi connectivity index (χ0v) is 19.2. The molecule has 0 amide bonds. The molecule has 3 rings (SSSR count). The Bertz CT molecular complexity index is 945. The van der Waals surface area contributed by atoms with Crippen LogP contribution in [0.2, 0.25) is 0 Å². The lowest BCUT2D eigenvalue weighted by Gasteiger charge is -2.10. The zero-order valence-electron chi connectivity index (χ0n) is 18.4. The summed E-state index contributed by atoms with van der Waals surface area (Å²) in [7, 11) is 1.77. The highest BCUT2D eigenvalue weighted by atomic mass is 32.1. The van der Waals surface area contributed by atoms with Gasteiger partial charge in [0, 0.05) is 23.6 Å². The van der Waals surface area contributed by atoms with Crippen LogP contribution in [0.1, 0.15) is 54.1 Å². The minimum Gasteiger partial charge on any atom is -0.312 e. The molecule has 0 aliphatic heterocycles. The Kier molecular flexibility index (Phi) is 9.95. The van der Waals surface area contributed by atoms with Gasteiger partial charge < -0.3 is 5.43 Å². The maximum Gasteiger partial charge on any atom is 0.116 e. The first-order valence-electron chi connectivity index (χ1n) is 10.6. The predicted octanol–water partition coefficient (Wildman–Crippen LogP) is 6.03. The SMILES string of the molecule is CC.CN/N=C(\C(=N)c1ccccc1)c1cccc(CCCCc2csc(C)n2)c1. The topological polar surface area (TPSA) is 61.1 Å². The third-order valence-electron chi connectivity index (χ3n) is 4.54. The number of hydrogen-bond acceptors (Lipinski definition) is 5. The third-order valence-corrected chi connectivity index (χ3v) is 5.36. The fourth-order valence-corrected chi connectivity index (χ4v) is 3.80. The molecule has 5 heteroatoms. The van der Waals surface area contributed by atoms with Gasteiger partial charge in [0.05, 0.1) is 16.4 Å². The third kappa shape index (κ3) is 6.92. The summed E-state index contributed by atoms with van der Waals surface area (Å²) in [6.07, 6.45) is 4.30. The maximum absolute atomic E-state index is 8.59. The number of nitrogens with one attached hydrogen (secondary N) is 2. The second-order valence-corrected chi connectivity index (χ2v) is 7.75. The van der Waals surface area contributed by atoms with E-state index in [0.717, 1.165) is 41.8 Å². The van der Waals surface area contributed by atoms with Gasteiger partial charge in [-0.25, -0.2) is 4.98 Å². The van der Waals surface area contributed by atoms with Gasteiger partial charge in [-0.1, -0.05) is 62.4 Å². The van der Waals surface area contributed by atoms with Gasteiger partial charge in [-0.15, -0.1) is 11.3 Å². The maximum atomic E-state index is 8.59. The van der Waals surface area contributed by atoms with Crippen molar-refractivity contribution in [2.75, 3.05) is 7.05 Å². The van der Waals surface area contributed by atoms with Crippen molar-refractivity contribution in [3.05, 3.63) is 87.4 Å². The quantitative estimate of drug-likeness (QED) is 0.252. The van der Waals surface area contributed by atoms with Crippen LogP contribution < -0.4 is 5.43 Å². The van der Waals surface area contributed by atoms with Gasteiger partial charge in [0.25, 0.3) is 0 Å². The molecule has 2 aromatic carbocycles. The van der Waals surface area contributed by atoms with E-state index in [1.165, 1.54) is 11.3 Å². The van der Waals surface area contributed by atoms with Crippen LogP contribution >= 0.6 is 11.3 Å². The average Bonchev–Trinajstić information content (AvgIpc) is 3.22. The highest BCUT2D eigenvalue weighted by Gasteiger charge is 2.13. The molecule has 30 heavy (non-hydrogen) atoms. The summed E-state index contributed by atoms with van der Waals surface area (Å²) in [4.78, 5) is 4.53. The van der Waals surface area contributed by atoms with Gasteiger partial charge in [0.2, 0.25) is 0 Å². The molecular formula is C25H32N4S. The Hall–Kier alpha value is -2.79. The van der Waals surface area contributed by atoms with Gasteiger partial charge in [0.1, 0.15) is 5.71 Å². The fraction of sp³-hybridized carbons (Fsp3) is 0.320. The van der Waals surface area contributed by atoms with Gasteiger partial charge in [-0.05, 0) is 44.2 Å². The van der Waals surface area contributed by atoms with Crippen molar-refractivity contribution in [2.24, 2.45) is 5.10 Å². The van der Waals surface area contributed by atoms with Crippen molar-refractivity contribution >= 4 is 22.8 Å². The molecule has 0 bridgehead atoms. The Balaban J connectivity index is 0.00000155. The van der Waals surface area contributed by atoms with Crippen LogP contribution in [0.25, 0.3) is 0 Å². The monoisotopic (exact) mass is 420 g/mol. The van der Waals surface area contributed by atoms with Crippen LogP contribution in [0.3, 0.4) is 0 Å². The van der Waals surface area contributed by atoms with E-state index in [1.54, 1.807) is 18.4 Å². The van der Waals surface area contributed by atoms with E-state index in [1.807, 2.05) is 50.2 Å². The Morgan fingerprint density at radius 1 is 1.00 bits per heavy atom. The first-order valence-corrected chi connectivity index (χ1v) is 11.4. The number of benzene rings is 2. The number of thiazole rings is 1. The van der Waals surface area contributed by atoms with E-state index in [-0.39, 0.29) is 0 Å². The minimum atomic E-state index is 0.422. The van der Waals surface area contributed by atoms with Crippen molar-refractivity contribution in [2.45, 2.75) is 46.5 Å². The molecule has 0 atom stereocenters. The number of nitrogens with zero attached hydrogens (tertiary/aromatic N) is 2. The number of aromatic nitrogens is 1. The minimum absolute atomic E-state index is 0.422. The van der Waals surface area contributed by atoms with Crippen molar-refractivity contribution in [1.29, 1.82) is 5.41 Å². The number of rotatable bonds is 9. The Labute approximate surface area is 184 Å². The Morgan fingerprint density at radius 3 is 2.37 bits per heavy atom. The van der Waals surface area contributed by atoms with Crippen molar-refractivity contribution < 1.29 is 0 Å². The molecule has 158 valence electrons. The lowest BCUT2D eigenvalue weighted by atomic mass is 9.97. The van der Waals surface area contributed by atoms with Gasteiger partial charge in [-0.2, -0.15) is 5.10 Å². The standard InChI is InChI=1S/C23H26N4S.C2H6/c1-17-26-21(16-28-17)14-7-6-9-18-10-8-13-20(15-18)23(27-25-2)22(24)19-11-4-3-5-12-19;1-2/h3-5,8,10-13,15-16,24-25H,6-7,9,14H2,1-2H3;1-2H3/b24-22?,27-23-;. The Morgan fingerprint density at radius 2 is 1.70 bits per heavy atom. The molecule has 3 aromatic rings. The molecule has 1 heterocycles. The van der Waals surface area contributed by atoms with E-state index >= 15 is 0 Å². The molecule has 1 aromatic heterocycles. The smallest absolute Gasteiger partial charge is 0.116 e. The highest BCUT2D eigenvalue weighted by Crippen LogP contribution is 2.15. The number of aryl methyl sites for hydroxylation is 3. The predicted molar refractivity (Wildman–Crippen MR) is 130 cm³/mol. The molecule has 4 nitrogen and oxygen atoms in total. The van der Waals surface area contributed by atoms with Crippen LogP contribution in [0, 0.1) is 12.3 Å². The summed E-state index contributed by atoms with van der Waals surface area (Å²) in [6, 6.07) is 18.1. The number of unbranched alkanes of at least 4 members (excludes halogenated alkanes) is 1. The molecule has 0 unspecified atom stereocenters. The van der Waals surface area contributed by atoms with E-state index < -0.39 is 0 Å². The summed E-state index contributed by atoms with van der Waals surface area (Å²) >= 11 is 1.72. The fourth-order valence-electron chi connectivity index (χ4n) is 3.15. The molecule has 0 saturated heterocycles. The first-order chi connectivity index (χ1) is 14.7. The van der Waals surface area contributed by atoms with Crippen LogP contribution in [0.15, 0.2) is 65.1 Å². The van der Waals surface area contributed by atoms with Crippen LogP contribution in [-0.4, -0.2) is 23.5 Å². The lowest BCUT2D eigenvalue weighted by Crippen LogP contribution is -2.19. The van der Waals surface area contributed by atoms with E-state index in [2.05, 4.69) is 46.0 Å².